The molecule has 0 saturated heterocycles. The molecule has 0 unspecified atom stereocenters. The summed E-state index contributed by atoms with van der Waals surface area (Å²) in [7, 11) is -4.05. The highest BCUT2D eigenvalue weighted by Crippen LogP contribution is 2.25. The Morgan fingerprint density at radius 2 is 2.10 bits per heavy atom. The van der Waals surface area contributed by atoms with Crippen molar-refractivity contribution in [3.05, 3.63) is 39.6 Å². The number of aromatic nitrogens is 1. The van der Waals surface area contributed by atoms with Crippen molar-refractivity contribution in [1.82, 2.24) is 4.98 Å². The number of rotatable bonds is 4. The van der Waals surface area contributed by atoms with Crippen LogP contribution in [0.4, 0.5) is 4.39 Å². The molecule has 0 spiro atoms. The predicted octanol–water partition coefficient (Wildman–Crippen LogP) is 2.13. The number of primary sulfonamides is 1. The second kappa shape index (κ2) is 5.47. The summed E-state index contributed by atoms with van der Waals surface area (Å²) in [6.45, 7) is 3.92. The molecule has 0 aliphatic carbocycles. The van der Waals surface area contributed by atoms with Crippen LogP contribution < -0.4 is 9.88 Å². The topological polar surface area (TPSA) is 82.3 Å². The Bertz CT molecular complexity index is 722. The van der Waals surface area contributed by atoms with E-state index in [0.717, 1.165) is 22.7 Å². The van der Waals surface area contributed by atoms with Gasteiger partial charge in [-0.25, -0.2) is 22.9 Å². The van der Waals surface area contributed by atoms with Crippen molar-refractivity contribution in [1.29, 1.82) is 0 Å². The molecule has 0 atom stereocenters. The number of thiazole rings is 1. The van der Waals surface area contributed by atoms with E-state index in [-0.39, 0.29) is 17.3 Å². The van der Waals surface area contributed by atoms with Gasteiger partial charge in [-0.2, -0.15) is 0 Å². The Morgan fingerprint density at radius 3 is 2.65 bits per heavy atom. The highest BCUT2D eigenvalue weighted by Gasteiger charge is 2.17. The summed E-state index contributed by atoms with van der Waals surface area (Å²) in [5.74, 6) is -0.679. The molecule has 0 fully saturated rings. The van der Waals surface area contributed by atoms with Crippen molar-refractivity contribution in [3.8, 4) is 5.75 Å². The van der Waals surface area contributed by atoms with E-state index in [4.69, 9.17) is 9.88 Å². The Balaban J connectivity index is 2.26. The average Bonchev–Trinajstić information content (AvgIpc) is 2.66. The molecular weight excluding hydrogens is 303 g/mol. The van der Waals surface area contributed by atoms with Crippen LogP contribution in [0.5, 0.6) is 5.75 Å². The standard InChI is InChI=1S/C12H13FN2O3S2/c1-7-8(2)19-12(15-7)6-18-10-4-3-9(13)5-11(10)20(14,16)17/h3-5H,6H2,1-2H3,(H2,14,16,17). The van der Waals surface area contributed by atoms with E-state index < -0.39 is 15.8 Å². The minimum Gasteiger partial charge on any atom is -0.485 e. The lowest BCUT2D eigenvalue weighted by Crippen LogP contribution is -2.14. The molecule has 0 radical (unpaired) electrons. The molecule has 1 heterocycles. The van der Waals surface area contributed by atoms with Crippen LogP contribution in [0.3, 0.4) is 0 Å². The summed E-state index contributed by atoms with van der Waals surface area (Å²) in [5, 5.41) is 5.75. The minimum atomic E-state index is -4.05. The molecule has 1 aromatic heterocycles. The molecule has 0 amide bonds. The van der Waals surface area contributed by atoms with E-state index in [1.165, 1.54) is 17.4 Å². The SMILES string of the molecule is Cc1nc(COc2ccc(F)cc2S(N)(=O)=O)sc1C. The average molecular weight is 316 g/mol. The first kappa shape index (κ1) is 14.9. The van der Waals surface area contributed by atoms with Crippen molar-refractivity contribution in [2.45, 2.75) is 25.3 Å². The third-order valence-corrected chi connectivity index (χ3v) is 4.61. The molecule has 0 aliphatic heterocycles. The third-order valence-electron chi connectivity index (χ3n) is 2.64. The van der Waals surface area contributed by atoms with Crippen LogP contribution in [0, 0.1) is 19.7 Å². The normalized spacial score (nSPS) is 11.6. The lowest BCUT2D eigenvalue weighted by molar-refractivity contribution is 0.296. The number of sulfonamides is 1. The number of ether oxygens (including phenoxy) is 1. The molecule has 20 heavy (non-hydrogen) atoms. The maximum Gasteiger partial charge on any atom is 0.241 e. The largest absolute Gasteiger partial charge is 0.485 e. The van der Waals surface area contributed by atoms with Gasteiger partial charge in [0.05, 0.1) is 5.69 Å². The molecule has 0 saturated carbocycles. The fourth-order valence-electron chi connectivity index (χ4n) is 1.56. The van der Waals surface area contributed by atoms with E-state index in [2.05, 4.69) is 4.98 Å². The van der Waals surface area contributed by atoms with Gasteiger partial charge in [0.1, 0.15) is 28.1 Å². The smallest absolute Gasteiger partial charge is 0.241 e. The zero-order valence-electron chi connectivity index (χ0n) is 10.9. The van der Waals surface area contributed by atoms with Gasteiger partial charge >= 0.3 is 0 Å². The first-order valence-corrected chi connectivity index (χ1v) is 8.01. The lowest BCUT2D eigenvalue weighted by atomic mass is 10.3. The van der Waals surface area contributed by atoms with Gasteiger partial charge < -0.3 is 4.74 Å². The second-order valence-corrected chi connectivity index (χ2v) is 6.99. The predicted molar refractivity (Wildman–Crippen MR) is 73.7 cm³/mol. The monoisotopic (exact) mass is 316 g/mol. The minimum absolute atomic E-state index is 0.0133. The van der Waals surface area contributed by atoms with E-state index in [1.54, 1.807) is 0 Å². The van der Waals surface area contributed by atoms with Crippen LogP contribution in [-0.4, -0.2) is 13.4 Å². The molecule has 0 aliphatic rings. The Labute approximate surface area is 120 Å². The number of nitrogens with zero attached hydrogens (tertiary/aromatic N) is 1. The molecule has 1 aromatic carbocycles. The summed E-state index contributed by atoms with van der Waals surface area (Å²) in [6.07, 6.45) is 0. The summed E-state index contributed by atoms with van der Waals surface area (Å²) >= 11 is 1.46. The first-order chi connectivity index (χ1) is 9.27. The highest BCUT2D eigenvalue weighted by molar-refractivity contribution is 7.89. The van der Waals surface area contributed by atoms with Gasteiger partial charge in [-0.3, -0.25) is 0 Å². The Kier molecular flexibility index (Phi) is 4.07. The van der Waals surface area contributed by atoms with Crippen LogP contribution in [-0.2, 0) is 16.6 Å². The van der Waals surface area contributed by atoms with E-state index >= 15 is 0 Å². The fourth-order valence-corrected chi connectivity index (χ4v) is 3.10. The number of halogens is 1. The molecule has 2 aromatic rings. The molecular formula is C12H13FN2O3S2. The van der Waals surface area contributed by atoms with E-state index in [0.29, 0.717) is 5.01 Å². The Morgan fingerprint density at radius 1 is 1.40 bits per heavy atom. The number of aryl methyl sites for hydroxylation is 2. The zero-order valence-corrected chi connectivity index (χ0v) is 12.5. The number of hydrogen-bond acceptors (Lipinski definition) is 5. The Hall–Kier alpha value is -1.51. The molecule has 2 N–H and O–H groups in total. The fraction of sp³-hybridized carbons (Fsp3) is 0.250. The lowest BCUT2D eigenvalue weighted by Gasteiger charge is -2.08. The maximum atomic E-state index is 13.1. The number of nitrogens with two attached hydrogens (primary N) is 1. The van der Waals surface area contributed by atoms with Crippen molar-refractivity contribution >= 4 is 21.4 Å². The van der Waals surface area contributed by atoms with Gasteiger partial charge in [-0.15, -0.1) is 11.3 Å². The summed E-state index contributed by atoms with van der Waals surface area (Å²) in [6, 6.07) is 3.19. The van der Waals surface area contributed by atoms with Gasteiger partial charge in [-0.1, -0.05) is 0 Å². The van der Waals surface area contributed by atoms with Gasteiger partial charge in [0.15, 0.2) is 0 Å². The number of hydrogen-bond donors (Lipinski definition) is 1. The van der Waals surface area contributed by atoms with Gasteiger partial charge in [0.2, 0.25) is 10.0 Å². The number of benzene rings is 1. The zero-order chi connectivity index (χ0) is 14.9. The summed E-state index contributed by atoms with van der Waals surface area (Å²) in [5.41, 5.74) is 0.902. The van der Waals surface area contributed by atoms with Crippen molar-refractivity contribution in [2.75, 3.05) is 0 Å². The molecule has 8 heteroatoms. The van der Waals surface area contributed by atoms with Gasteiger partial charge in [-0.05, 0) is 32.0 Å². The summed E-state index contributed by atoms with van der Waals surface area (Å²) in [4.78, 5) is 4.96. The van der Waals surface area contributed by atoms with Crippen molar-refractivity contribution in [2.24, 2.45) is 5.14 Å². The molecule has 5 nitrogen and oxygen atoms in total. The molecule has 0 bridgehead atoms. The molecule has 2 rings (SSSR count). The van der Waals surface area contributed by atoms with E-state index in [9.17, 15) is 12.8 Å². The van der Waals surface area contributed by atoms with Crippen LogP contribution in [0.1, 0.15) is 15.6 Å². The van der Waals surface area contributed by atoms with Crippen LogP contribution >= 0.6 is 11.3 Å². The third kappa shape index (κ3) is 3.33. The quantitative estimate of drug-likeness (QED) is 0.936. The van der Waals surface area contributed by atoms with Crippen LogP contribution in [0.15, 0.2) is 23.1 Å². The summed E-state index contributed by atoms with van der Waals surface area (Å²) < 4.78 is 41.3. The van der Waals surface area contributed by atoms with Gasteiger partial charge in [0, 0.05) is 4.88 Å². The molecule has 108 valence electrons. The van der Waals surface area contributed by atoms with Crippen molar-refractivity contribution < 1.29 is 17.5 Å². The highest BCUT2D eigenvalue weighted by atomic mass is 32.2. The van der Waals surface area contributed by atoms with Gasteiger partial charge in [0.25, 0.3) is 0 Å². The maximum absolute atomic E-state index is 13.1. The van der Waals surface area contributed by atoms with Crippen LogP contribution in [0.25, 0.3) is 0 Å². The second-order valence-electron chi connectivity index (χ2n) is 4.17. The first-order valence-electron chi connectivity index (χ1n) is 5.65. The van der Waals surface area contributed by atoms with Crippen molar-refractivity contribution in [3.63, 3.8) is 0 Å². The van der Waals surface area contributed by atoms with Crippen LogP contribution in [0.2, 0.25) is 0 Å². The van der Waals surface area contributed by atoms with E-state index in [1.807, 2.05) is 13.8 Å².